The van der Waals surface area contributed by atoms with Crippen molar-refractivity contribution in [2.24, 2.45) is 5.41 Å². The zero-order chi connectivity index (χ0) is 19.8. The van der Waals surface area contributed by atoms with Crippen molar-refractivity contribution in [1.29, 1.82) is 0 Å². The van der Waals surface area contributed by atoms with Crippen LogP contribution in [0, 0.1) is 19.3 Å². The number of hydrogen-bond donors (Lipinski definition) is 2. The summed E-state index contributed by atoms with van der Waals surface area (Å²) in [6.07, 6.45) is 0. The highest BCUT2D eigenvalue weighted by atomic mass is 32.1. The van der Waals surface area contributed by atoms with Crippen LogP contribution in [0.5, 0.6) is 0 Å². The highest BCUT2D eigenvalue weighted by Gasteiger charge is 2.22. The molecule has 1 amide bonds. The molecule has 0 unspecified atom stereocenters. The minimum absolute atomic E-state index is 0.135. The first-order valence-electron chi connectivity index (χ1n) is 8.71. The molecule has 3 rings (SSSR count). The Morgan fingerprint density at radius 1 is 1.04 bits per heavy atom. The van der Waals surface area contributed by atoms with Gasteiger partial charge in [-0.05, 0) is 55.9 Å². The zero-order valence-electron chi connectivity index (χ0n) is 16.1. The Labute approximate surface area is 164 Å². The van der Waals surface area contributed by atoms with Crippen LogP contribution >= 0.6 is 12.2 Å². The van der Waals surface area contributed by atoms with Crippen LogP contribution in [0.1, 0.15) is 31.9 Å². The number of carbonyl (C=O) groups is 1. The van der Waals surface area contributed by atoms with Gasteiger partial charge >= 0.3 is 0 Å². The van der Waals surface area contributed by atoms with Crippen LogP contribution in [0.2, 0.25) is 0 Å². The Morgan fingerprint density at radius 2 is 1.63 bits per heavy atom. The van der Waals surface area contributed by atoms with E-state index in [0.29, 0.717) is 0 Å². The third kappa shape index (κ3) is 4.31. The summed E-state index contributed by atoms with van der Waals surface area (Å²) in [4.78, 5) is 13.7. The number of aromatic nitrogens is 3. The first-order valence-corrected chi connectivity index (χ1v) is 9.11. The third-order valence-corrected chi connectivity index (χ3v) is 4.35. The molecule has 6 nitrogen and oxygen atoms in total. The van der Waals surface area contributed by atoms with Crippen LogP contribution < -0.4 is 10.6 Å². The fourth-order valence-electron chi connectivity index (χ4n) is 2.44. The lowest BCUT2D eigenvalue weighted by atomic mass is 9.96. The summed E-state index contributed by atoms with van der Waals surface area (Å²) in [5, 5.41) is 15.2. The molecule has 2 aromatic carbocycles. The molecule has 27 heavy (non-hydrogen) atoms. The van der Waals surface area contributed by atoms with Gasteiger partial charge < -0.3 is 10.6 Å². The van der Waals surface area contributed by atoms with Crippen LogP contribution in [0.15, 0.2) is 36.4 Å². The van der Waals surface area contributed by atoms with Crippen molar-refractivity contribution in [2.75, 3.05) is 5.32 Å². The van der Waals surface area contributed by atoms with Crippen molar-refractivity contribution in [1.82, 2.24) is 20.3 Å². The number of rotatable bonds is 2. The molecule has 7 heteroatoms. The lowest BCUT2D eigenvalue weighted by molar-refractivity contribution is -0.126. The molecular weight excluding hydrogens is 358 g/mol. The van der Waals surface area contributed by atoms with Crippen molar-refractivity contribution in [3.8, 4) is 5.69 Å². The number of nitrogens with one attached hydrogen (secondary N) is 2. The maximum absolute atomic E-state index is 12.1. The minimum Gasteiger partial charge on any atom is -0.332 e. The molecular formula is C20H23N5OS. The minimum atomic E-state index is -0.512. The van der Waals surface area contributed by atoms with Crippen LogP contribution in [0.3, 0.4) is 0 Å². The van der Waals surface area contributed by atoms with E-state index in [2.05, 4.69) is 20.8 Å². The molecule has 1 heterocycles. The Balaban J connectivity index is 1.85. The highest BCUT2D eigenvalue weighted by molar-refractivity contribution is 7.80. The number of anilines is 1. The highest BCUT2D eigenvalue weighted by Crippen LogP contribution is 2.22. The zero-order valence-corrected chi connectivity index (χ0v) is 16.9. The van der Waals surface area contributed by atoms with Gasteiger partial charge in [0.25, 0.3) is 0 Å². The average molecular weight is 382 g/mol. The number of carbonyl (C=O) groups excluding carboxylic acids is 1. The predicted octanol–water partition coefficient (Wildman–Crippen LogP) is 3.90. The summed E-state index contributed by atoms with van der Waals surface area (Å²) < 4.78 is 0. The molecule has 3 aromatic rings. The van der Waals surface area contributed by atoms with Gasteiger partial charge in [-0.2, -0.15) is 4.80 Å². The van der Waals surface area contributed by atoms with Gasteiger partial charge in [0.05, 0.1) is 5.69 Å². The fraction of sp³-hybridized carbons (Fsp3) is 0.300. The van der Waals surface area contributed by atoms with E-state index in [0.717, 1.165) is 28.0 Å². The van der Waals surface area contributed by atoms with Gasteiger partial charge in [-0.3, -0.25) is 4.79 Å². The Morgan fingerprint density at radius 3 is 2.22 bits per heavy atom. The van der Waals surface area contributed by atoms with Gasteiger partial charge in [-0.1, -0.05) is 38.5 Å². The van der Waals surface area contributed by atoms with Crippen molar-refractivity contribution in [3.05, 3.63) is 47.5 Å². The monoisotopic (exact) mass is 381 g/mol. The number of thiocarbonyl (C=S) groups is 1. The van der Waals surface area contributed by atoms with Crippen molar-refractivity contribution in [3.63, 3.8) is 0 Å². The largest absolute Gasteiger partial charge is 0.332 e. The van der Waals surface area contributed by atoms with Crippen LogP contribution in [0.4, 0.5) is 5.69 Å². The SMILES string of the molecule is Cc1ccc(-n2nc3cc(C)c(NC(=S)NC(=O)C(C)(C)C)cc3n2)cc1. The van der Waals surface area contributed by atoms with E-state index >= 15 is 0 Å². The first-order chi connectivity index (χ1) is 12.6. The Kier molecular flexibility index (Phi) is 4.97. The van der Waals surface area contributed by atoms with Gasteiger partial charge in [-0.25, -0.2) is 0 Å². The van der Waals surface area contributed by atoms with Gasteiger partial charge in [-0.15, -0.1) is 10.2 Å². The molecule has 2 N–H and O–H groups in total. The molecule has 0 spiro atoms. The molecule has 1 aromatic heterocycles. The molecule has 0 radical (unpaired) electrons. The fourth-order valence-corrected chi connectivity index (χ4v) is 2.64. The van der Waals surface area contributed by atoms with Crippen molar-refractivity contribution >= 4 is 40.0 Å². The van der Waals surface area contributed by atoms with Gasteiger partial charge in [0.15, 0.2) is 5.11 Å². The van der Waals surface area contributed by atoms with E-state index in [4.69, 9.17) is 12.2 Å². The van der Waals surface area contributed by atoms with Crippen molar-refractivity contribution < 1.29 is 4.79 Å². The number of nitrogens with zero attached hydrogens (tertiary/aromatic N) is 3. The quantitative estimate of drug-likeness (QED) is 0.659. The lowest BCUT2D eigenvalue weighted by Crippen LogP contribution is -2.41. The standard InChI is InChI=1S/C20H23N5OS/c1-12-6-8-14(9-7-12)25-23-16-10-13(2)15(11-17(16)24-25)21-19(27)22-18(26)20(3,4)5/h6-11H,1-5H3,(H2,21,22,26,27). The van der Waals surface area contributed by atoms with Crippen LogP contribution in [-0.2, 0) is 4.79 Å². The Bertz CT molecular complexity index is 1020. The molecule has 0 aliphatic heterocycles. The molecule has 0 aliphatic carbocycles. The molecule has 0 fully saturated rings. The molecule has 0 bridgehead atoms. The van der Waals surface area contributed by atoms with E-state index in [-0.39, 0.29) is 11.0 Å². The van der Waals surface area contributed by atoms with Crippen LogP contribution in [-0.4, -0.2) is 26.0 Å². The molecule has 0 aliphatic rings. The second-order valence-electron chi connectivity index (χ2n) is 7.64. The molecule has 0 saturated carbocycles. The van der Waals surface area contributed by atoms with Crippen molar-refractivity contribution in [2.45, 2.75) is 34.6 Å². The van der Waals surface area contributed by atoms with E-state index < -0.39 is 5.41 Å². The number of fused-ring (bicyclic) bond motifs is 1. The summed E-state index contributed by atoms with van der Waals surface area (Å²) in [5.41, 5.74) is 4.86. The Hall–Kier alpha value is -2.80. The van der Waals surface area contributed by atoms with E-state index in [1.54, 1.807) is 4.80 Å². The summed E-state index contributed by atoms with van der Waals surface area (Å²) in [6.45, 7) is 9.52. The molecule has 0 atom stereocenters. The van der Waals surface area contributed by atoms with Gasteiger partial charge in [0.1, 0.15) is 11.0 Å². The summed E-state index contributed by atoms with van der Waals surface area (Å²) in [7, 11) is 0. The number of hydrogen-bond acceptors (Lipinski definition) is 4. The maximum atomic E-state index is 12.1. The summed E-state index contributed by atoms with van der Waals surface area (Å²) in [5.74, 6) is -0.135. The number of aryl methyl sites for hydroxylation is 2. The average Bonchev–Trinajstić information content (AvgIpc) is 2.97. The molecule has 140 valence electrons. The normalized spacial score (nSPS) is 11.4. The second-order valence-corrected chi connectivity index (χ2v) is 8.05. The summed E-state index contributed by atoms with van der Waals surface area (Å²) >= 11 is 5.27. The van der Waals surface area contributed by atoms with E-state index in [9.17, 15) is 4.79 Å². The predicted molar refractivity (Wildman–Crippen MR) is 112 cm³/mol. The second kappa shape index (κ2) is 7.08. The number of benzene rings is 2. The van der Waals surface area contributed by atoms with Gasteiger partial charge in [0, 0.05) is 11.1 Å². The molecule has 0 saturated heterocycles. The van der Waals surface area contributed by atoms with E-state index in [1.807, 2.05) is 71.0 Å². The smallest absolute Gasteiger partial charge is 0.231 e. The summed E-state index contributed by atoms with van der Waals surface area (Å²) in [6, 6.07) is 11.9. The first kappa shape index (κ1) is 19.0. The van der Waals surface area contributed by atoms with E-state index in [1.165, 1.54) is 5.56 Å². The topological polar surface area (TPSA) is 71.8 Å². The van der Waals surface area contributed by atoms with Gasteiger partial charge in [0.2, 0.25) is 5.91 Å². The third-order valence-electron chi connectivity index (χ3n) is 4.15. The van der Waals surface area contributed by atoms with Crippen LogP contribution in [0.25, 0.3) is 16.7 Å². The lowest BCUT2D eigenvalue weighted by Gasteiger charge is -2.19. The number of amides is 1. The maximum Gasteiger partial charge on any atom is 0.231 e.